The summed E-state index contributed by atoms with van der Waals surface area (Å²) >= 11 is 1.36. The van der Waals surface area contributed by atoms with E-state index in [-0.39, 0.29) is 17.2 Å². The number of hydrogen-bond acceptors (Lipinski definition) is 6. The van der Waals surface area contributed by atoms with Crippen molar-refractivity contribution in [3.05, 3.63) is 42.7 Å². The molecule has 8 heteroatoms. The van der Waals surface area contributed by atoms with Crippen LogP contribution in [-0.4, -0.2) is 33.0 Å². The minimum atomic E-state index is -0.349. The number of anilines is 1. The third-order valence-electron chi connectivity index (χ3n) is 3.93. The number of methoxy groups -OCH3 is 1. The molecule has 3 rings (SSSR count). The summed E-state index contributed by atoms with van der Waals surface area (Å²) in [5, 5.41) is 11.7. The fraction of sp³-hybridized carbons (Fsp3) is 0.316. The SMILES string of the molecule is COc1ccc(NC(=O)[C@@H](C)Sc2nnc(-c3ccco3)n2C(C)C)cc1. The molecule has 0 saturated heterocycles. The number of thioether (sulfide) groups is 1. The first-order valence-corrected chi connectivity index (χ1v) is 9.48. The highest BCUT2D eigenvalue weighted by molar-refractivity contribution is 8.00. The lowest BCUT2D eigenvalue weighted by molar-refractivity contribution is -0.115. The number of benzene rings is 1. The van der Waals surface area contributed by atoms with Crippen LogP contribution in [0, 0.1) is 0 Å². The van der Waals surface area contributed by atoms with Gasteiger partial charge < -0.3 is 14.5 Å². The maximum Gasteiger partial charge on any atom is 0.237 e. The van der Waals surface area contributed by atoms with Gasteiger partial charge in [0.2, 0.25) is 11.7 Å². The highest BCUT2D eigenvalue weighted by Crippen LogP contribution is 2.30. The van der Waals surface area contributed by atoms with Crippen LogP contribution in [0.5, 0.6) is 5.75 Å². The van der Waals surface area contributed by atoms with E-state index in [9.17, 15) is 4.79 Å². The predicted octanol–water partition coefficient (Wildman–Crippen LogP) is 4.25. The van der Waals surface area contributed by atoms with Crippen LogP contribution in [-0.2, 0) is 4.79 Å². The standard InChI is InChI=1S/C19H22N4O3S/c1-12(2)23-17(16-6-5-11-26-16)21-22-19(23)27-13(3)18(24)20-14-7-9-15(25-4)10-8-14/h5-13H,1-4H3,(H,20,24)/t13-/m1/s1. The molecule has 142 valence electrons. The molecular formula is C19H22N4O3S. The van der Waals surface area contributed by atoms with E-state index in [0.717, 1.165) is 11.4 Å². The van der Waals surface area contributed by atoms with Gasteiger partial charge in [0.1, 0.15) is 5.75 Å². The van der Waals surface area contributed by atoms with Gasteiger partial charge in [0.05, 0.1) is 18.6 Å². The molecule has 1 aromatic carbocycles. The number of nitrogens with zero attached hydrogens (tertiary/aromatic N) is 3. The summed E-state index contributed by atoms with van der Waals surface area (Å²) in [5.74, 6) is 1.94. The molecule has 27 heavy (non-hydrogen) atoms. The van der Waals surface area contributed by atoms with Crippen LogP contribution in [0.1, 0.15) is 26.8 Å². The Bertz CT molecular complexity index is 888. The summed E-state index contributed by atoms with van der Waals surface area (Å²) in [6.45, 7) is 5.93. The Kier molecular flexibility index (Phi) is 5.85. The molecule has 0 spiro atoms. The van der Waals surface area contributed by atoms with Crippen molar-refractivity contribution in [2.24, 2.45) is 0 Å². The minimum absolute atomic E-state index is 0.108. The second-order valence-electron chi connectivity index (χ2n) is 6.23. The lowest BCUT2D eigenvalue weighted by Gasteiger charge is -2.15. The summed E-state index contributed by atoms with van der Waals surface area (Å²) in [6, 6.07) is 11.0. The molecule has 1 N–H and O–H groups in total. The molecule has 0 saturated carbocycles. The van der Waals surface area contributed by atoms with Gasteiger partial charge in [-0.2, -0.15) is 0 Å². The van der Waals surface area contributed by atoms with E-state index in [0.29, 0.717) is 16.7 Å². The zero-order chi connectivity index (χ0) is 19.4. The van der Waals surface area contributed by atoms with E-state index < -0.39 is 0 Å². The number of nitrogens with one attached hydrogen (secondary N) is 1. The van der Waals surface area contributed by atoms with Crippen molar-refractivity contribution in [3.63, 3.8) is 0 Å². The number of ether oxygens (including phenoxy) is 1. The first kappa shape index (κ1) is 19.0. The Morgan fingerprint density at radius 1 is 1.19 bits per heavy atom. The topological polar surface area (TPSA) is 82.2 Å². The maximum absolute atomic E-state index is 12.5. The van der Waals surface area contributed by atoms with Crippen molar-refractivity contribution in [2.45, 2.75) is 37.2 Å². The molecule has 7 nitrogen and oxygen atoms in total. The van der Waals surface area contributed by atoms with E-state index in [4.69, 9.17) is 9.15 Å². The average molecular weight is 386 g/mol. The Morgan fingerprint density at radius 3 is 2.52 bits per heavy atom. The summed E-state index contributed by atoms with van der Waals surface area (Å²) in [6.07, 6.45) is 1.60. The van der Waals surface area contributed by atoms with Crippen LogP contribution < -0.4 is 10.1 Å². The molecule has 0 aliphatic rings. The number of carbonyl (C=O) groups is 1. The van der Waals surface area contributed by atoms with Crippen LogP contribution in [0.2, 0.25) is 0 Å². The molecule has 1 atom stereocenters. The monoisotopic (exact) mass is 386 g/mol. The van der Waals surface area contributed by atoms with Gasteiger partial charge >= 0.3 is 0 Å². The van der Waals surface area contributed by atoms with Crippen molar-refractivity contribution in [2.75, 3.05) is 12.4 Å². The van der Waals surface area contributed by atoms with E-state index in [2.05, 4.69) is 15.5 Å². The van der Waals surface area contributed by atoms with E-state index in [1.54, 1.807) is 37.6 Å². The third kappa shape index (κ3) is 4.33. The Balaban J connectivity index is 1.73. The summed E-state index contributed by atoms with van der Waals surface area (Å²) in [7, 11) is 1.61. The van der Waals surface area contributed by atoms with E-state index in [1.165, 1.54) is 11.8 Å². The number of furan rings is 1. The zero-order valence-corrected chi connectivity index (χ0v) is 16.5. The second-order valence-corrected chi connectivity index (χ2v) is 7.53. The van der Waals surface area contributed by atoms with E-state index >= 15 is 0 Å². The third-order valence-corrected chi connectivity index (χ3v) is 4.99. The fourth-order valence-electron chi connectivity index (χ4n) is 2.53. The normalized spacial score (nSPS) is 12.2. The number of hydrogen-bond donors (Lipinski definition) is 1. The summed E-state index contributed by atoms with van der Waals surface area (Å²) in [4.78, 5) is 12.5. The van der Waals surface area contributed by atoms with Gasteiger partial charge in [-0.3, -0.25) is 9.36 Å². The highest BCUT2D eigenvalue weighted by Gasteiger charge is 2.23. The lowest BCUT2D eigenvalue weighted by atomic mass is 10.3. The molecule has 2 aromatic heterocycles. The minimum Gasteiger partial charge on any atom is -0.497 e. The molecular weight excluding hydrogens is 364 g/mol. The fourth-order valence-corrected chi connectivity index (χ4v) is 3.51. The number of aromatic nitrogens is 3. The van der Waals surface area contributed by atoms with Gasteiger partial charge in [0.15, 0.2) is 10.9 Å². The van der Waals surface area contributed by atoms with Gasteiger partial charge in [-0.15, -0.1) is 10.2 Å². The average Bonchev–Trinajstić information content (AvgIpc) is 3.31. The van der Waals surface area contributed by atoms with Gasteiger partial charge in [-0.05, 0) is 57.2 Å². The quantitative estimate of drug-likeness (QED) is 0.612. The predicted molar refractivity (Wildman–Crippen MR) is 105 cm³/mol. The maximum atomic E-state index is 12.5. The van der Waals surface area contributed by atoms with Gasteiger partial charge in [-0.25, -0.2) is 0 Å². The van der Waals surface area contributed by atoms with Crippen LogP contribution in [0.4, 0.5) is 5.69 Å². The number of amides is 1. The molecule has 0 unspecified atom stereocenters. The Labute approximate surface area is 162 Å². The molecule has 0 fully saturated rings. The van der Waals surface area contributed by atoms with Crippen LogP contribution in [0.3, 0.4) is 0 Å². The van der Waals surface area contributed by atoms with Crippen molar-refractivity contribution >= 4 is 23.4 Å². The van der Waals surface area contributed by atoms with Gasteiger partial charge in [-0.1, -0.05) is 11.8 Å². The van der Waals surface area contributed by atoms with Crippen LogP contribution >= 0.6 is 11.8 Å². The smallest absolute Gasteiger partial charge is 0.237 e. The molecule has 0 radical (unpaired) electrons. The van der Waals surface area contributed by atoms with Crippen LogP contribution in [0.25, 0.3) is 11.6 Å². The number of carbonyl (C=O) groups excluding carboxylic acids is 1. The summed E-state index contributed by atoms with van der Waals surface area (Å²) < 4.78 is 12.6. The highest BCUT2D eigenvalue weighted by atomic mass is 32.2. The van der Waals surface area contributed by atoms with Crippen molar-refractivity contribution in [1.29, 1.82) is 0 Å². The van der Waals surface area contributed by atoms with Crippen molar-refractivity contribution in [3.8, 4) is 17.3 Å². The van der Waals surface area contributed by atoms with Gasteiger partial charge in [0.25, 0.3) is 0 Å². The van der Waals surface area contributed by atoms with Crippen molar-refractivity contribution < 1.29 is 13.9 Å². The molecule has 0 aliphatic carbocycles. The second kappa shape index (κ2) is 8.30. The first-order chi connectivity index (χ1) is 13.0. The summed E-state index contributed by atoms with van der Waals surface area (Å²) in [5.41, 5.74) is 0.717. The molecule has 0 aliphatic heterocycles. The van der Waals surface area contributed by atoms with Crippen molar-refractivity contribution in [1.82, 2.24) is 14.8 Å². The Hall–Kier alpha value is -2.74. The van der Waals surface area contributed by atoms with Gasteiger partial charge in [0, 0.05) is 11.7 Å². The number of rotatable bonds is 7. The molecule has 1 amide bonds. The zero-order valence-electron chi connectivity index (χ0n) is 15.7. The molecule has 2 heterocycles. The largest absolute Gasteiger partial charge is 0.497 e. The lowest BCUT2D eigenvalue weighted by Crippen LogP contribution is -2.23. The van der Waals surface area contributed by atoms with E-state index in [1.807, 2.05) is 37.5 Å². The Morgan fingerprint density at radius 2 is 1.93 bits per heavy atom. The molecule has 0 bridgehead atoms. The molecule has 3 aromatic rings. The van der Waals surface area contributed by atoms with Crippen LogP contribution in [0.15, 0.2) is 52.2 Å². The first-order valence-electron chi connectivity index (χ1n) is 8.60.